The molecule has 0 spiro atoms. The lowest BCUT2D eigenvalue weighted by molar-refractivity contribution is 0.287. The molecule has 2 aromatic rings. The number of ether oxygens (including phenoxy) is 1. The SMILES string of the molecule is CCCn1cncc1COc1ccccc1C(C)(C)C. The van der Waals surface area contributed by atoms with Gasteiger partial charge in [0, 0.05) is 6.54 Å². The Balaban J connectivity index is 2.13. The molecule has 0 aliphatic carbocycles. The molecule has 1 aromatic carbocycles. The van der Waals surface area contributed by atoms with E-state index in [0.29, 0.717) is 6.61 Å². The quantitative estimate of drug-likeness (QED) is 0.817. The van der Waals surface area contributed by atoms with Crippen LogP contribution in [0.15, 0.2) is 36.8 Å². The summed E-state index contributed by atoms with van der Waals surface area (Å²) in [5.41, 5.74) is 2.44. The van der Waals surface area contributed by atoms with Gasteiger partial charge in [0.05, 0.1) is 18.2 Å². The van der Waals surface area contributed by atoms with Gasteiger partial charge in [-0.25, -0.2) is 4.98 Å². The molecule has 0 N–H and O–H groups in total. The normalized spacial score (nSPS) is 11.6. The van der Waals surface area contributed by atoms with Gasteiger partial charge in [0.2, 0.25) is 0 Å². The Morgan fingerprint density at radius 1 is 1.20 bits per heavy atom. The summed E-state index contributed by atoms with van der Waals surface area (Å²) in [4.78, 5) is 4.21. The summed E-state index contributed by atoms with van der Waals surface area (Å²) in [6.45, 7) is 10.3. The Morgan fingerprint density at radius 2 is 1.95 bits per heavy atom. The summed E-state index contributed by atoms with van der Waals surface area (Å²) in [5.74, 6) is 0.962. The van der Waals surface area contributed by atoms with Gasteiger partial charge in [-0.1, -0.05) is 45.9 Å². The van der Waals surface area contributed by atoms with Crippen LogP contribution in [0.25, 0.3) is 0 Å². The van der Waals surface area contributed by atoms with Crippen LogP contribution in [0.1, 0.15) is 45.4 Å². The maximum Gasteiger partial charge on any atom is 0.130 e. The highest BCUT2D eigenvalue weighted by Crippen LogP contribution is 2.31. The van der Waals surface area contributed by atoms with E-state index in [1.807, 2.05) is 24.7 Å². The number of hydrogen-bond donors (Lipinski definition) is 0. The van der Waals surface area contributed by atoms with Crippen molar-refractivity contribution in [2.75, 3.05) is 0 Å². The summed E-state index contributed by atoms with van der Waals surface area (Å²) in [6.07, 6.45) is 4.86. The average molecular weight is 272 g/mol. The molecule has 3 nitrogen and oxygen atoms in total. The molecular formula is C17H24N2O. The fourth-order valence-corrected chi connectivity index (χ4v) is 2.27. The van der Waals surface area contributed by atoms with E-state index in [1.165, 1.54) is 5.56 Å². The third-order valence-electron chi connectivity index (χ3n) is 3.33. The second-order valence-corrected chi connectivity index (χ2v) is 6.11. The van der Waals surface area contributed by atoms with Crippen LogP contribution < -0.4 is 4.74 Å². The fraction of sp³-hybridized carbons (Fsp3) is 0.471. The minimum Gasteiger partial charge on any atom is -0.487 e. The largest absolute Gasteiger partial charge is 0.487 e. The van der Waals surface area contributed by atoms with Crippen LogP contribution in [-0.2, 0) is 18.6 Å². The first-order valence-corrected chi connectivity index (χ1v) is 7.23. The van der Waals surface area contributed by atoms with E-state index >= 15 is 0 Å². The van der Waals surface area contributed by atoms with Crippen LogP contribution in [0.4, 0.5) is 0 Å². The highest BCUT2D eigenvalue weighted by Gasteiger charge is 2.18. The molecule has 0 fully saturated rings. The van der Waals surface area contributed by atoms with Crippen LogP contribution in [0.3, 0.4) is 0 Å². The van der Waals surface area contributed by atoms with E-state index in [9.17, 15) is 0 Å². The van der Waals surface area contributed by atoms with Crippen molar-refractivity contribution in [1.82, 2.24) is 9.55 Å². The molecule has 0 bridgehead atoms. The monoisotopic (exact) mass is 272 g/mol. The second-order valence-electron chi connectivity index (χ2n) is 6.11. The van der Waals surface area contributed by atoms with E-state index in [-0.39, 0.29) is 5.41 Å². The molecule has 20 heavy (non-hydrogen) atoms. The zero-order valence-corrected chi connectivity index (χ0v) is 12.9. The van der Waals surface area contributed by atoms with E-state index < -0.39 is 0 Å². The molecule has 1 aromatic heterocycles. The minimum atomic E-state index is 0.0836. The number of aromatic nitrogens is 2. The van der Waals surface area contributed by atoms with Crippen molar-refractivity contribution in [1.29, 1.82) is 0 Å². The number of para-hydroxylation sites is 1. The maximum atomic E-state index is 6.03. The number of nitrogens with zero attached hydrogens (tertiary/aromatic N) is 2. The lowest BCUT2D eigenvalue weighted by Crippen LogP contribution is -2.14. The molecule has 1 heterocycles. The van der Waals surface area contributed by atoms with Gasteiger partial charge in [-0.2, -0.15) is 0 Å². The van der Waals surface area contributed by atoms with Crippen molar-refractivity contribution < 1.29 is 4.74 Å². The van der Waals surface area contributed by atoms with Crippen LogP contribution in [0.5, 0.6) is 5.75 Å². The topological polar surface area (TPSA) is 27.1 Å². The Labute approximate surface area is 121 Å². The predicted octanol–water partition coefficient (Wildman–Crippen LogP) is 4.17. The van der Waals surface area contributed by atoms with Crippen molar-refractivity contribution in [3.8, 4) is 5.75 Å². The Hall–Kier alpha value is -1.77. The first-order chi connectivity index (χ1) is 9.52. The molecule has 0 amide bonds. The molecule has 0 aliphatic rings. The van der Waals surface area contributed by atoms with Gasteiger partial charge in [-0.05, 0) is 23.5 Å². The van der Waals surface area contributed by atoms with E-state index in [2.05, 4.69) is 49.4 Å². The number of hydrogen-bond acceptors (Lipinski definition) is 2. The number of imidazole rings is 1. The van der Waals surface area contributed by atoms with E-state index in [4.69, 9.17) is 4.74 Å². The van der Waals surface area contributed by atoms with Gasteiger partial charge in [0.15, 0.2) is 0 Å². The summed E-state index contributed by atoms with van der Waals surface area (Å²) < 4.78 is 8.19. The predicted molar refractivity (Wildman–Crippen MR) is 82.0 cm³/mol. The number of benzene rings is 1. The van der Waals surface area contributed by atoms with Crippen molar-refractivity contribution in [2.24, 2.45) is 0 Å². The summed E-state index contributed by atoms with van der Waals surface area (Å²) in [7, 11) is 0. The Morgan fingerprint density at radius 3 is 2.65 bits per heavy atom. The van der Waals surface area contributed by atoms with Gasteiger partial charge in [0.1, 0.15) is 12.4 Å². The molecular weight excluding hydrogens is 248 g/mol. The van der Waals surface area contributed by atoms with Crippen LogP contribution in [0, 0.1) is 0 Å². The van der Waals surface area contributed by atoms with Gasteiger partial charge < -0.3 is 9.30 Å². The molecule has 0 atom stereocenters. The highest BCUT2D eigenvalue weighted by atomic mass is 16.5. The van der Waals surface area contributed by atoms with Gasteiger partial charge in [0.25, 0.3) is 0 Å². The minimum absolute atomic E-state index is 0.0836. The first-order valence-electron chi connectivity index (χ1n) is 7.23. The first kappa shape index (κ1) is 14.6. The van der Waals surface area contributed by atoms with E-state index in [1.54, 1.807) is 0 Å². The lowest BCUT2D eigenvalue weighted by Gasteiger charge is -2.22. The van der Waals surface area contributed by atoms with Gasteiger partial charge in [-0.15, -0.1) is 0 Å². The molecule has 0 unspecified atom stereocenters. The smallest absolute Gasteiger partial charge is 0.130 e. The molecule has 3 heteroatoms. The van der Waals surface area contributed by atoms with Gasteiger partial charge in [-0.3, -0.25) is 0 Å². The third-order valence-corrected chi connectivity index (χ3v) is 3.33. The standard InChI is InChI=1S/C17H24N2O/c1-5-10-19-13-18-11-14(19)12-20-16-9-7-6-8-15(16)17(2,3)4/h6-9,11,13H,5,10,12H2,1-4H3. The molecule has 2 rings (SSSR count). The fourth-order valence-electron chi connectivity index (χ4n) is 2.27. The second kappa shape index (κ2) is 6.12. The van der Waals surface area contributed by atoms with Crippen molar-refractivity contribution in [3.05, 3.63) is 48.0 Å². The Kier molecular flexibility index (Phi) is 4.48. The highest BCUT2D eigenvalue weighted by molar-refractivity contribution is 5.38. The third kappa shape index (κ3) is 3.41. The molecule has 0 saturated heterocycles. The van der Waals surface area contributed by atoms with E-state index in [0.717, 1.165) is 24.4 Å². The molecule has 0 saturated carbocycles. The zero-order valence-electron chi connectivity index (χ0n) is 12.9. The van der Waals surface area contributed by atoms with Crippen LogP contribution in [0.2, 0.25) is 0 Å². The van der Waals surface area contributed by atoms with Crippen molar-refractivity contribution in [2.45, 2.75) is 52.7 Å². The summed E-state index contributed by atoms with van der Waals surface area (Å²) in [6, 6.07) is 8.27. The van der Waals surface area contributed by atoms with Crippen LogP contribution in [-0.4, -0.2) is 9.55 Å². The lowest BCUT2D eigenvalue weighted by atomic mass is 9.86. The zero-order chi connectivity index (χ0) is 14.6. The van der Waals surface area contributed by atoms with Crippen LogP contribution >= 0.6 is 0 Å². The van der Waals surface area contributed by atoms with Crippen molar-refractivity contribution in [3.63, 3.8) is 0 Å². The number of aryl methyl sites for hydroxylation is 1. The summed E-state index contributed by atoms with van der Waals surface area (Å²) >= 11 is 0. The molecule has 0 radical (unpaired) electrons. The summed E-state index contributed by atoms with van der Waals surface area (Å²) in [5, 5.41) is 0. The molecule has 108 valence electrons. The van der Waals surface area contributed by atoms with Gasteiger partial charge >= 0.3 is 0 Å². The average Bonchev–Trinajstić information content (AvgIpc) is 2.83. The maximum absolute atomic E-state index is 6.03. The van der Waals surface area contributed by atoms with Crippen molar-refractivity contribution >= 4 is 0 Å². The number of rotatable bonds is 5. The Bertz CT molecular complexity index is 552. The molecule has 0 aliphatic heterocycles.